The molecule has 0 aliphatic rings. The van der Waals surface area contributed by atoms with Crippen LogP contribution in [0.3, 0.4) is 0 Å². The largest absolute Gasteiger partial charge is 0.462 e. The molecule has 1 aromatic rings. The molecule has 0 bridgehead atoms. The molecule has 21 heavy (non-hydrogen) atoms. The number of rotatable bonds is 7. The standard InChI is InChI=1S/C15H23NO4S/c1-5-15(6-2,21(4,18)19)11-16-14(17)10-9-13-8-7-12(3)20-13/h7-10H,5-6,11H2,1-4H3,(H,16,17)/b10-9+. The third-order valence-corrected chi connectivity index (χ3v) is 6.11. The van der Waals surface area contributed by atoms with Gasteiger partial charge in [0, 0.05) is 18.9 Å². The van der Waals surface area contributed by atoms with Crippen LogP contribution in [0.1, 0.15) is 38.2 Å². The van der Waals surface area contributed by atoms with Crippen LogP contribution in [0.25, 0.3) is 6.08 Å². The monoisotopic (exact) mass is 313 g/mol. The van der Waals surface area contributed by atoms with Crippen molar-refractivity contribution in [3.05, 3.63) is 29.7 Å². The number of hydrogen-bond donors (Lipinski definition) is 1. The van der Waals surface area contributed by atoms with Gasteiger partial charge < -0.3 is 9.73 Å². The molecule has 1 aromatic heterocycles. The Morgan fingerprint density at radius 2 is 1.95 bits per heavy atom. The molecule has 5 nitrogen and oxygen atoms in total. The van der Waals surface area contributed by atoms with Crippen LogP contribution in [-0.4, -0.2) is 31.9 Å². The predicted molar refractivity (Wildman–Crippen MR) is 83.6 cm³/mol. The Morgan fingerprint density at radius 1 is 1.33 bits per heavy atom. The van der Waals surface area contributed by atoms with Crippen molar-refractivity contribution < 1.29 is 17.6 Å². The van der Waals surface area contributed by atoms with Crippen LogP contribution in [-0.2, 0) is 14.6 Å². The molecule has 0 fully saturated rings. The van der Waals surface area contributed by atoms with E-state index in [4.69, 9.17) is 4.42 Å². The quantitative estimate of drug-likeness (QED) is 0.784. The Balaban J connectivity index is 2.69. The van der Waals surface area contributed by atoms with E-state index in [1.54, 1.807) is 18.2 Å². The Labute approximate surface area is 126 Å². The number of hydrogen-bond acceptors (Lipinski definition) is 4. The number of amides is 1. The first-order chi connectivity index (χ1) is 9.74. The highest BCUT2D eigenvalue weighted by atomic mass is 32.2. The molecule has 0 radical (unpaired) electrons. The Bertz CT molecular complexity index is 609. The van der Waals surface area contributed by atoms with Crippen LogP contribution in [0.5, 0.6) is 0 Å². The van der Waals surface area contributed by atoms with Crippen molar-refractivity contribution in [3.8, 4) is 0 Å². The van der Waals surface area contributed by atoms with Gasteiger partial charge in [-0.05, 0) is 38.0 Å². The first-order valence-corrected chi connectivity index (χ1v) is 8.85. The molecule has 1 heterocycles. The van der Waals surface area contributed by atoms with E-state index >= 15 is 0 Å². The van der Waals surface area contributed by atoms with Crippen LogP contribution in [0, 0.1) is 6.92 Å². The molecule has 0 aromatic carbocycles. The van der Waals surface area contributed by atoms with Gasteiger partial charge in [0.2, 0.25) is 5.91 Å². The van der Waals surface area contributed by atoms with Gasteiger partial charge in [0.1, 0.15) is 11.5 Å². The molecule has 1 amide bonds. The smallest absolute Gasteiger partial charge is 0.244 e. The first kappa shape index (κ1) is 17.5. The lowest BCUT2D eigenvalue weighted by Gasteiger charge is -2.29. The Kier molecular flexibility index (Phi) is 5.78. The fraction of sp³-hybridized carbons (Fsp3) is 0.533. The van der Waals surface area contributed by atoms with E-state index in [0.29, 0.717) is 18.6 Å². The van der Waals surface area contributed by atoms with E-state index in [-0.39, 0.29) is 12.5 Å². The maximum absolute atomic E-state index is 11.9. The number of furan rings is 1. The fourth-order valence-corrected chi connectivity index (χ4v) is 3.55. The van der Waals surface area contributed by atoms with Gasteiger partial charge in [0.05, 0.1) is 4.75 Å². The lowest BCUT2D eigenvalue weighted by Crippen LogP contribution is -2.47. The van der Waals surface area contributed by atoms with Crippen molar-refractivity contribution in [1.82, 2.24) is 5.32 Å². The van der Waals surface area contributed by atoms with E-state index in [1.165, 1.54) is 12.3 Å². The van der Waals surface area contributed by atoms with Crippen molar-refractivity contribution in [2.24, 2.45) is 0 Å². The minimum absolute atomic E-state index is 0.110. The fourth-order valence-electron chi connectivity index (χ4n) is 2.16. The molecule has 0 atom stereocenters. The van der Waals surface area contributed by atoms with E-state index in [2.05, 4.69) is 5.32 Å². The molecule has 0 unspecified atom stereocenters. The average molecular weight is 313 g/mol. The highest BCUT2D eigenvalue weighted by Crippen LogP contribution is 2.24. The zero-order chi connectivity index (χ0) is 16.1. The van der Waals surface area contributed by atoms with E-state index < -0.39 is 14.6 Å². The third kappa shape index (κ3) is 4.46. The normalized spacial score (nSPS) is 12.8. The summed E-state index contributed by atoms with van der Waals surface area (Å²) >= 11 is 0. The van der Waals surface area contributed by atoms with Crippen LogP contribution >= 0.6 is 0 Å². The SMILES string of the molecule is CCC(CC)(CNC(=O)/C=C/c1ccc(C)o1)S(C)(=O)=O. The van der Waals surface area contributed by atoms with Gasteiger partial charge in [-0.25, -0.2) is 8.42 Å². The molecule has 1 rings (SSSR count). The van der Waals surface area contributed by atoms with Gasteiger partial charge in [-0.1, -0.05) is 13.8 Å². The first-order valence-electron chi connectivity index (χ1n) is 6.96. The predicted octanol–water partition coefficient (Wildman–Crippen LogP) is 2.32. The summed E-state index contributed by atoms with van der Waals surface area (Å²) in [6.07, 6.45) is 5.04. The second kappa shape index (κ2) is 6.93. The molecular weight excluding hydrogens is 290 g/mol. The minimum Gasteiger partial charge on any atom is -0.462 e. The van der Waals surface area contributed by atoms with Crippen LogP contribution in [0.4, 0.5) is 0 Å². The number of carbonyl (C=O) groups is 1. The molecule has 0 aliphatic heterocycles. The van der Waals surface area contributed by atoms with Gasteiger partial charge >= 0.3 is 0 Å². The highest BCUT2D eigenvalue weighted by Gasteiger charge is 2.37. The number of aryl methyl sites for hydroxylation is 1. The van der Waals surface area contributed by atoms with Crippen molar-refractivity contribution >= 4 is 21.8 Å². The summed E-state index contributed by atoms with van der Waals surface area (Å²) in [5.41, 5.74) is 0. The van der Waals surface area contributed by atoms with Crippen molar-refractivity contribution in [2.45, 2.75) is 38.4 Å². The second-order valence-electron chi connectivity index (χ2n) is 5.16. The van der Waals surface area contributed by atoms with Crippen molar-refractivity contribution in [2.75, 3.05) is 12.8 Å². The number of sulfone groups is 1. The maximum atomic E-state index is 11.9. The van der Waals surface area contributed by atoms with Crippen molar-refractivity contribution in [1.29, 1.82) is 0 Å². The lowest BCUT2D eigenvalue weighted by atomic mass is 10.0. The average Bonchev–Trinajstić information content (AvgIpc) is 2.82. The second-order valence-corrected chi connectivity index (χ2v) is 7.57. The van der Waals surface area contributed by atoms with Gasteiger partial charge in [0.15, 0.2) is 9.84 Å². The maximum Gasteiger partial charge on any atom is 0.244 e. The van der Waals surface area contributed by atoms with E-state index in [1.807, 2.05) is 20.8 Å². The minimum atomic E-state index is -3.24. The van der Waals surface area contributed by atoms with Gasteiger partial charge in [-0.3, -0.25) is 4.79 Å². The molecule has 6 heteroatoms. The van der Waals surface area contributed by atoms with E-state index in [9.17, 15) is 13.2 Å². The van der Waals surface area contributed by atoms with Crippen LogP contribution in [0.15, 0.2) is 22.6 Å². The summed E-state index contributed by atoms with van der Waals surface area (Å²) in [6.45, 7) is 5.57. The van der Waals surface area contributed by atoms with E-state index in [0.717, 1.165) is 5.76 Å². The van der Waals surface area contributed by atoms with Crippen molar-refractivity contribution in [3.63, 3.8) is 0 Å². The molecule has 0 saturated carbocycles. The Morgan fingerprint density at radius 3 is 2.38 bits per heavy atom. The summed E-state index contributed by atoms with van der Waals surface area (Å²) in [6, 6.07) is 3.57. The number of carbonyl (C=O) groups excluding carboxylic acids is 1. The van der Waals surface area contributed by atoms with Gasteiger partial charge in [-0.15, -0.1) is 0 Å². The summed E-state index contributed by atoms with van der Waals surface area (Å²) < 4.78 is 28.3. The van der Waals surface area contributed by atoms with Crippen LogP contribution in [0.2, 0.25) is 0 Å². The molecule has 0 aliphatic carbocycles. The Hall–Kier alpha value is -1.56. The summed E-state index contributed by atoms with van der Waals surface area (Å²) in [7, 11) is -3.24. The molecule has 0 spiro atoms. The number of nitrogens with one attached hydrogen (secondary N) is 1. The molecule has 118 valence electrons. The molecule has 1 N–H and O–H groups in total. The summed E-state index contributed by atoms with van der Waals surface area (Å²) in [5, 5.41) is 2.66. The zero-order valence-corrected chi connectivity index (χ0v) is 13.8. The van der Waals surface area contributed by atoms with Gasteiger partial charge in [-0.2, -0.15) is 0 Å². The lowest BCUT2D eigenvalue weighted by molar-refractivity contribution is -0.116. The zero-order valence-electron chi connectivity index (χ0n) is 13.0. The molecular formula is C15H23NO4S. The summed E-state index contributed by atoms with van der Waals surface area (Å²) in [5.74, 6) is 1.02. The van der Waals surface area contributed by atoms with Gasteiger partial charge in [0.25, 0.3) is 0 Å². The van der Waals surface area contributed by atoms with Crippen LogP contribution < -0.4 is 5.32 Å². The molecule has 0 saturated heterocycles. The summed E-state index contributed by atoms with van der Waals surface area (Å²) in [4.78, 5) is 11.8. The third-order valence-electron chi connectivity index (χ3n) is 3.82. The highest BCUT2D eigenvalue weighted by molar-refractivity contribution is 7.92. The topological polar surface area (TPSA) is 76.4 Å².